The van der Waals surface area contributed by atoms with Gasteiger partial charge in [0.25, 0.3) is 0 Å². The first kappa shape index (κ1) is 12.4. The Balaban J connectivity index is 2.06. The second-order valence-corrected chi connectivity index (χ2v) is 4.19. The number of hydrogen-bond acceptors (Lipinski definition) is 2. The van der Waals surface area contributed by atoms with E-state index in [0.29, 0.717) is 17.1 Å². The molecule has 0 aromatic heterocycles. The average molecular weight is 261 g/mol. The zero-order chi connectivity index (χ0) is 13.0. The van der Waals surface area contributed by atoms with E-state index in [1.54, 1.807) is 30.3 Å². The number of anilines is 1. The van der Waals surface area contributed by atoms with Gasteiger partial charge in [0.1, 0.15) is 5.82 Å². The van der Waals surface area contributed by atoms with Crippen LogP contribution in [0.15, 0.2) is 42.5 Å². The molecule has 0 heterocycles. The van der Waals surface area contributed by atoms with Crippen molar-refractivity contribution in [3.8, 4) is 6.07 Å². The molecule has 2 aromatic rings. The molecular formula is C14H10ClFN2. The summed E-state index contributed by atoms with van der Waals surface area (Å²) in [6.45, 7) is 0.548. The molecule has 0 saturated heterocycles. The summed E-state index contributed by atoms with van der Waals surface area (Å²) >= 11 is 6.03. The van der Waals surface area contributed by atoms with Gasteiger partial charge in [-0.15, -0.1) is 0 Å². The van der Waals surface area contributed by atoms with Crippen LogP contribution in [0.25, 0.3) is 0 Å². The van der Waals surface area contributed by atoms with E-state index >= 15 is 0 Å². The van der Waals surface area contributed by atoms with Crippen molar-refractivity contribution < 1.29 is 4.39 Å². The molecule has 18 heavy (non-hydrogen) atoms. The fraction of sp³-hybridized carbons (Fsp3) is 0.0714. The lowest BCUT2D eigenvalue weighted by atomic mass is 10.2. The molecule has 0 unspecified atom stereocenters. The molecule has 0 aliphatic rings. The van der Waals surface area contributed by atoms with Gasteiger partial charge in [-0.3, -0.25) is 0 Å². The van der Waals surface area contributed by atoms with Crippen LogP contribution in [-0.2, 0) is 6.54 Å². The van der Waals surface area contributed by atoms with Gasteiger partial charge < -0.3 is 5.32 Å². The van der Waals surface area contributed by atoms with E-state index in [0.717, 1.165) is 11.3 Å². The first-order chi connectivity index (χ1) is 8.69. The van der Waals surface area contributed by atoms with E-state index in [4.69, 9.17) is 16.9 Å². The highest BCUT2D eigenvalue weighted by atomic mass is 35.5. The van der Waals surface area contributed by atoms with Crippen molar-refractivity contribution >= 4 is 17.3 Å². The molecule has 1 N–H and O–H groups in total. The predicted octanol–water partition coefficient (Wildman–Crippen LogP) is 3.96. The normalized spacial score (nSPS) is 9.83. The van der Waals surface area contributed by atoms with E-state index in [9.17, 15) is 4.39 Å². The molecular weight excluding hydrogens is 251 g/mol. The summed E-state index contributed by atoms with van der Waals surface area (Å²) in [5, 5.41) is 12.4. The highest BCUT2D eigenvalue weighted by Crippen LogP contribution is 2.23. The molecule has 0 spiro atoms. The third kappa shape index (κ3) is 2.99. The summed E-state index contributed by atoms with van der Waals surface area (Å²) in [4.78, 5) is 0. The Hall–Kier alpha value is -2.05. The van der Waals surface area contributed by atoms with Crippen LogP contribution in [0.3, 0.4) is 0 Å². The molecule has 4 heteroatoms. The number of nitrogens with zero attached hydrogens (tertiary/aromatic N) is 1. The number of nitriles is 1. The van der Waals surface area contributed by atoms with Crippen LogP contribution in [0.5, 0.6) is 0 Å². The van der Waals surface area contributed by atoms with Crippen LogP contribution in [0.1, 0.15) is 11.1 Å². The lowest BCUT2D eigenvalue weighted by Gasteiger charge is -2.08. The topological polar surface area (TPSA) is 35.8 Å². The highest BCUT2D eigenvalue weighted by Gasteiger charge is 2.01. The zero-order valence-corrected chi connectivity index (χ0v) is 10.2. The van der Waals surface area contributed by atoms with Crippen LogP contribution in [0.4, 0.5) is 10.1 Å². The van der Waals surface area contributed by atoms with Gasteiger partial charge in [0.2, 0.25) is 0 Å². The molecule has 0 aliphatic heterocycles. The number of rotatable bonds is 3. The first-order valence-electron chi connectivity index (χ1n) is 5.37. The van der Waals surface area contributed by atoms with Crippen molar-refractivity contribution in [2.75, 3.05) is 5.32 Å². The predicted molar refractivity (Wildman–Crippen MR) is 69.9 cm³/mol. The molecule has 0 amide bonds. The summed E-state index contributed by atoms with van der Waals surface area (Å²) in [5.41, 5.74) is 2.23. The number of hydrogen-bond donors (Lipinski definition) is 1. The minimum atomic E-state index is -0.254. The third-order valence-corrected chi connectivity index (χ3v) is 2.81. The quantitative estimate of drug-likeness (QED) is 0.907. The van der Waals surface area contributed by atoms with E-state index in [-0.39, 0.29) is 5.82 Å². The maximum Gasteiger partial charge on any atom is 0.123 e. The highest BCUT2D eigenvalue weighted by molar-refractivity contribution is 6.33. The third-order valence-electron chi connectivity index (χ3n) is 2.49. The fourth-order valence-corrected chi connectivity index (χ4v) is 1.77. The Bertz CT molecular complexity index is 588. The second-order valence-electron chi connectivity index (χ2n) is 3.79. The molecule has 0 bridgehead atoms. The van der Waals surface area contributed by atoms with E-state index in [1.807, 2.05) is 6.07 Å². The van der Waals surface area contributed by atoms with Crippen molar-refractivity contribution in [1.29, 1.82) is 5.26 Å². The van der Waals surface area contributed by atoms with Crippen molar-refractivity contribution in [2.45, 2.75) is 6.54 Å². The van der Waals surface area contributed by atoms with Crippen molar-refractivity contribution in [1.82, 2.24) is 0 Å². The summed E-state index contributed by atoms with van der Waals surface area (Å²) in [7, 11) is 0. The van der Waals surface area contributed by atoms with Gasteiger partial charge in [0, 0.05) is 6.54 Å². The van der Waals surface area contributed by atoms with Crippen LogP contribution >= 0.6 is 11.6 Å². The number of halogens is 2. The summed E-state index contributed by atoms with van der Waals surface area (Å²) in [6.07, 6.45) is 0. The Morgan fingerprint density at radius 2 is 1.89 bits per heavy atom. The Morgan fingerprint density at radius 1 is 1.17 bits per heavy atom. The van der Waals surface area contributed by atoms with E-state index in [2.05, 4.69) is 5.32 Å². The first-order valence-corrected chi connectivity index (χ1v) is 5.75. The molecule has 90 valence electrons. The van der Waals surface area contributed by atoms with Gasteiger partial charge in [-0.05, 0) is 35.9 Å². The average Bonchev–Trinajstić information content (AvgIpc) is 2.39. The monoisotopic (exact) mass is 260 g/mol. The SMILES string of the molecule is N#Cc1ccc(NCc2ccc(F)cc2)c(Cl)c1. The second kappa shape index (κ2) is 5.52. The molecule has 0 radical (unpaired) electrons. The smallest absolute Gasteiger partial charge is 0.123 e. The lowest BCUT2D eigenvalue weighted by Crippen LogP contribution is -2.00. The standard InChI is InChI=1S/C14H10ClFN2/c15-13-7-11(8-17)3-6-14(13)18-9-10-1-4-12(16)5-2-10/h1-7,18H,9H2. The molecule has 2 nitrogen and oxygen atoms in total. The largest absolute Gasteiger partial charge is 0.380 e. The van der Waals surface area contributed by atoms with Gasteiger partial charge in [-0.25, -0.2) is 4.39 Å². The number of nitrogens with one attached hydrogen (secondary N) is 1. The van der Waals surface area contributed by atoms with Gasteiger partial charge in [0.05, 0.1) is 22.3 Å². The van der Waals surface area contributed by atoms with Crippen LogP contribution in [0, 0.1) is 17.1 Å². The fourth-order valence-electron chi connectivity index (χ4n) is 1.53. The Morgan fingerprint density at radius 3 is 2.50 bits per heavy atom. The van der Waals surface area contributed by atoms with Crippen molar-refractivity contribution in [3.05, 3.63) is 64.4 Å². The van der Waals surface area contributed by atoms with Gasteiger partial charge >= 0.3 is 0 Å². The van der Waals surface area contributed by atoms with Gasteiger partial charge in [-0.1, -0.05) is 23.7 Å². The van der Waals surface area contributed by atoms with Crippen LogP contribution in [-0.4, -0.2) is 0 Å². The number of benzene rings is 2. The lowest BCUT2D eigenvalue weighted by molar-refractivity contribution is 0.627. The maximum atomic E-state index is 12.7. The van der Waals surface area contributed by atoms with Crippen molar-refractivity contribution in [3.63, 3.8) is 0 Å². The van der Waals surface area contributed by atoms with Gasteiger partial charge in [0.15, 0.2) is 0 Å². The summed E-state index contributed by atoms with van der Waals surface area (Å²) in [6, 6.07) is 13.3. The summed E-state index contributed by atoms with van der Waals surface area (Å²) < 4.78 is 12.7. The molecule has 0 aliphatic carbocycles. The Labute approximate surface area is 110 Å². The molecule has 2 rings (SSSR count). The molecule has 0 saturated carbocycles. The Kier molecular flexibility index (Phi) is 3.81. The minimum absolute atomic E-state index is 0.254. The van der Waals surface area contributed by atoms with Crippen molar-refractivity contribution in [2.24, 2.45) is 0 Å². The molecule has 0 atom stereocenters. The summed E-state index contributed by atoms with van der Waals surface area (Å²) in [5.74, 6) is -0.254. The van der Waals surface area contributed by atoms with E-state index in [1.165, 1.54) is 12.1 Å². The molecule has 0 fully saturated rings. The van der Waals surface area contributed by atoms with Gasteiger partial charge in [-0.2, -0.15) is 5.26 Å². The van der Waals surface area contributed by atoms with Crippen LogP contribution in [0.2, 0.25) is 5.02 Å². The zero-order valence-electron chi connectivity index (χ0n) is 9.45. The molecule has 2 aromatic carbocycles. The maximum absolute atomic E-state index is 12.7. The minimum Gasteiger partial charge on any atom is -0.380 e. The van der Waals surface area contributed by atoms with E-state index < -0.39 is 0 Å². The van der Waals surface area contributed by atoms with Crippen LogP contribution < -0.4 is 5.32 Å².